The molecule has 2 aromatic carbocycles. The van der Waals surface area contributed by atoms with Gasteiger partial charge in [-0.1, -0.05) is 42.5 Å². The highest BCUT2D eigenvalue weighted by atomic mass is 35.5. The van der Waals surface area contributed by atoms with Crippen molar-refractivity contribution >= 4 is 34.7 Å². The maximum absolute atomic E-state index is 6.90. The molecule has 0 N–H and O–H groups in total. The molecule has 1 unspecified atom stereocenters. The smallest absolute Gasteiger partial charge is 0.253 e. The summed E-state index contributed by atoms with van der Waals surface area (Å²) in [5.41, 5.74) is 5.66. The zero-order valence-electron chi connectivity index (χ0n) is 14.7. The zero-order chi connectivity index (χ0) is 18.4. The number of rotatable bonds is 2. The van der Waals surface area contributed by atoms with Gasteiger partial charge in [0, 0.05) is 10.9 Å². The van der Waals surface area contributed by atoms with Crippen molar-refractivity contribution in [1.29, 1.82) is 0 Å². The van der Waals surface area contributed by atoms with Crippen molar-refractivity contribution in [3.05, 3.63) is 90.0 Å². The molecular weight excluding hydrogens is 356 g/mol. The highest BCUT2D eigenvalue weighted by molar-refractivity contribution is 6.20. The van der Waals surface area contributed by atoms with Crippen LogP contribution in [-0.4, -0.2) is 21.0 Å². The minimum atomic E-state index is 0.0131. The molecule has 0 bridgehead atoms. The van der Waals surface area contributed by atoms with Gasteiger partial charge in [-0.05, 0) is 25.1 Å². The summed E-state index contributed by atoms with van der Waals surface area (Å²) >= 11 is 6.90. The molecule has 27 heavy (non-hydrogen) atoms. The minimum Gasteiger partial charge on any atom is -0.253 e. The van der Waals surface area contributed by atoms with Crippen LogP contribution in [0.15, 0.2) is 94.4 Å². The fraction of sp³-hybridized carbons (Fsp3) is 0.0455. The summed E-state index contributed by atoms with van der Waals surface area (Å²) < 4.78 is 0.0131. The van der Waals surface area contributed by atoms with Gasteiger partial charge in [-0.25, -0.2) is 4.98 Å². The van der Waals surface area contributed by atoms with E-state index in [1.165, 1.54) is 0 Å². The second-order valence-electron chi connectivity index (χ2n) is 6.59. The summed E-state index contributed by atoms with van der Waals surface area (Å²) in [7, 11) is 0. The fourth-order valence-corrected chi connectivity index (χ4v) is 3.84. The molecule has 0 spiro atoms. The molecule has 0 radical (unpaired) electrons. The van der Waals surface area contributed by atoms with Crippen molar-refractivity contribution in [2.24, 2.45) is 9.98 Å². The van der Waals surface area contributed by atoms with Gasteiger partial charge in [0.25, 0.3) is 5.84 Å². The summed E-state index contributed by atoms with van der Waals surface area (Å²) in [6.45, 7) is 1.95. The number of halogens is 1. The van der Waals surface area contributed by atoms with Crippen molar-refractivity contribution in [2.75, 3.05) is 0 Å². The lowest BCUT2D eigenvalue weighted by Crippen LogP contribution is -2.37. The first-order chi connectivity index (χ1) is 13.1. The Morgan fingerprint density at radius 2 is 1.74 bits per heavy atom. The Hall–Kier alpha value is -3.08. The van der Waals surface area contributed by atoms with E-state index in [2.05, 4.69) is 35.3 Å². The largest absolute Gasteiger partial charge is 0.263 e. The summed E-state index contributed by atoms with van der Waals surface area (Å²) in [4.78, 5) is 13.8. The SMILES string of the molecule is CC1=C2C=NC=C[N+]2(Cl)C(c2ccc3ccc(-c4ccccc4)nc3c2)=N1. The first-order valence-electron chi connectivity index (χ1n) is 8.72. The quantitative estimate of drug-likeness (QED) is 0.554. The third-order valence-electron chi connectivity index (χ3n) is 4.88. The third kappa shape index (κ3) is 2.53. The standard InChI is InChI=1S/C22H16ClN4/c1-15-21-14-24-11-12-27(21,23)22(25-15)18-8-7-17-9-10-19(26-20(17)13-18)16-5-3-2-4-6-16/h2-14H,1H3/q+1. The van der Waals surface area contributed by atoms with E-state index in [1.54, 1.807) is 12.4 Å². The van der Waals surface area contributed by atoms with Crippen LogP contribution in [0.1, 0.15) is 12.5 Å². The molecule has 0 saturated heterocycles. The van der Waals surface area contributed by atoms with Gasteiger partial charge in [0.15, 0.2) is 11.8 Å². The van der Waals surface area contributed by atoms with Crippen LogP contribution < -0.4 is 0 Å². The van der Waals surface area contributed by atoms with Gasteiger partial charge in [0.1, 0.15) is 11.9 Å². The maximum Gasteiger partial charge on any atom is 0.263 e. The molecule has 2 aliphatic heterocycles. The van der Waals surface area contributed by atoms with Crippen LogP contribution in [0.25, 0.3) is 22.2 Å². The van der Waals surface area contributed by atoms with E-state index in [0.29, 0.717) is 0 Å². The van der Waals surface area contributed by atoms with Gasteiger partial charge in [-0.2, -0.15) is 4.99 Å². The molecule has 130 valence electrons. The molecule has 4 nitrogen and oxygen atoms in total. The van der Waals surface area contributed by atoms with E-state index in [0.717, 1.165) is 45.0 Å². The van der Waals surface area contributed by atoms with Crippen molar-refractivity contribution in [1.82, 2.24) is 4.98 Å². The summed E-state index contributed by atoms with van der Waals surface area (Å²) in [5, 5.41) is 1.08. The van der Waals surface area contributed by atoms with E-state index in [1.807, 2.05) is 43.5 Å². The molecule has 3 aromatic rings. The number of nitrogens with zero attached hydrogens (tertiary/aromatic N) is 4. The van der Waals surface area contributed by atoms with E-state index in [9.17, 15) is 0 Å². The molecule has 1 atom stereocenters. The minimum absolute atomic E-state index is 0.0131. The Morgan fingerprint density at radius 3 is 2.59 bits per heavy atom. The van der Waals surface area contributed by atoms with Crippen LogP contribution in [-0.2, 0) is 0 Å². The van der Waals surface area contributed by atoms with Crippen LogP contribution in [0.5, 0.6) is 0 Å². The highest BCUT2D eigenvalue weighted by Gasteiger charge is 2.44. The number of benzene rings is 2. The number of allylic oxidation sites excluding steroid dienone is 2. The van der Waals surface area contributed by atoms with Crippen LogP contribution in [0, 0.1) is 0 Å². The molecule has 1 aromatic heterocycles. The lowest BCUT2D eigenvalue weighted by atomic mass is 10.1. The number of pyridine rings is 1. The molecule has 0 amide bonds. The van der Waals surface area contributed by atoms with Crippen LogP contribution >= 0.6 is 11.8 Å². The van der Waals surface area contributed by atoms with Crippen LogP contribution in [0.2, 0.25) is 0 Å². The maximum atomic E-state index is 6.90. The highest BCUT2D eigenvalue weighted by Crippen LogP contribution is 2.37. The van der Waals surface area contributed by atoms with Crippen molar-refractivity contribution in [2.45, 2.75) is 6.92 Å². The Morgan fingerprint density at radius 1 is 0.926 bits per heavy atom. The van der Waals surface area contributed by atoms with Crippen molar-refractivity contribution in [3.8, 4) is 11.3 Å². The number of aromatic nitrogens is 1. The van der Waals surface area contributed by atoms with Crippen molar-refractivity contribution in [3.63, 3.8) is 0 Å². The average molecular weight is 372 g/mol. The van der Waals surface area contributed by atoms with E-state index < -0.39 is 0 Å². The van der Waals surface area contributed by atoms with Gasteiger partial charge in [0.05, 0.1) is 29.2 Å². The number of fused-ring (bicyclic) bond motifs is 2. The summed E-state index contributed by atoms with van der Waals surface area (Å²) in [6, 6.07) is 20.5. The molecule has 0 fully saturated rings. The summed E-state index contributed by atoms with van der Waals surface area (Å²) in [5.74, 6) is 0.764. The molecule has 5 heteroatoms. The van der Waals surface area contributed by atoms with Gasteiger partial charge >= 0.3 is 0 Å². The molecule has 3 heterocycles. The topological polar surface area (TPSA) is 37.6 Å². The lowest BCUT2D eigenvalue weighted by molar-refractivity contribution is -0.599. The number of aliphatic imine (C=N–C) groups is 2. The fourth-order valence-electron chi connectivity index (χ4n) is 3.49. The van der Waals surface area contributed by atoms with E-state index in [4.69, 9.17) is 21.8 Å². The number of hydrogen-bond donors (Lipinski definition) is 0. The number of quaternary nitrogens is 1. The summed E-state index contributed by atoms with van der Waals surface area (Å²) in [6.07, 6.45) is 5.31. The average Bonchev–Trinajstić information content (AvgIpc) is 2.98. The van der Waals surface area contributed by atoms with Crippen LogP contribution in [0.3, 0.4) is 0 Å². The first kappa shape index (κ1) is 16.1. The second kappa shape index (κ2) is 5.98. The number of hydrogen-bond acceptors (Lipinski definition) is 3. The predicted molar refractivity (Wildman–Crippen MR) is 110 cm³/mol. The van der Waals surface area contributed by atoms with Crippen LogP contribution in [0.4, 0.5) is 0 Å². The van der Waals surface area contributed by atoms with Gasteiger partial charge in [0.2, 0.25) is 5.70 Å². The molecule has 0 aliphatic carbocycles. The Balaban J connectivity index is 1.62. The number of amidine groups is 1. The third-order valence-corrected chi connectivity index (χ3v) is 5.33. The van der Waals surface area contributed by atoms with Crippen molar-refractivity contribution < 1.29 is 4.00 Å². The van der Waals surface area contributed by atoms with Gasteiger partial charge < -0.3 is 0 Å². The van der Waals surface area contributed by atoms with Gasteiger partial charge in [-0.3, -0.25) is 4.99 Å². The Bertz CT molecular complexity index is 1190. The predicted octanol–water partition coefficient (Wildman–Crippen LogP) is 5.42. The molecule has 0 saturated carbocycles. The Kier molecular flexibility index (Phi) is 3.57. The molecule has 2 aliphatic rings. The van der Waals surface area contributed by atoms with E-state index in [-0.39, 0.29) is 4.00 Å². The molecular formula is C22H16ClN4+. The second-order valence-corrected chi connectivity index (χ2v) is 7.12. The van der Waals surface area contributed by atoms with E-state index >= 15 is 0 Å². The zero-order valence-corrected chi connectivity index (χ0v) is 15.4. The lowest BCUT2D eigenvalue weighted by Gasteiger charge is -2.22. The Labute approximate surface area is 162 Å². The first-order valence-corrected chi connectivity index (χ1v) is 9.05. The normalized spacial score (nSPS) is 20.9. The monoisotopic (exact) mass is 371 g/mol. The molecule has 5 rings (SSSR count). The van der Waals surface area contributed by atoms with Gasteiger partial charge in [-0.15, -0.1) is 4.00 Å².